The van der Waals surface area contributed by atoms with E-state index in [9.17, 15) is 5.11 Å². The minimum Gasteiger partial charge on any atom is -0.389 e. The van der Waals surface area contributed by atoms with Gasteiger partial charge < -0.3 is 10.4 Å². The van der Waals surface area contributed by atoms with Gasteiger partial charge in [-0.25, -0.2) is 0 Å². The number of hydrogen-bond acceptors (Lipinski definition) is 3. The third kappa shape index (κ3) is 2.71. The quantitative estimate of drug-likeness (QED) is 0.833. The molecule has 1 saturated carbocycles. The van der Waals surface area contributed by atoms with E-state index in [4.69, 9.17) is 11.6 Å². The summed E-state index contributed by atoms with van der Waals surface area (Å²) in [5, 5.41) is 18.6. The van der Waals surface area contributed by atoms with Crippen molar-refractivity contribution in [1.82, 2.24) is 15.1 Å². The Hall–Kier alpha value is -0.580. The molecule has 1 aromatic heterocycles. The van der Waals surface area contributed by atoms with E-state index < -0.39 is 5.60 Å². The van der Waals surface area contributed by atoms with Crippen LogP contribution >= 0.6 is 11.6 Å². The topological polar surface area (TPSA) is 50.1 Å². The monoisotopic (exact) mass is 271 g/mol. The second-order valence-corrected chi connectivity index (χ2v) is 5.44. The summed E-state index contributed by atoms with van der Waals surface area (Å²) in [6.07, 6.45) is 3.79. The van der Waals surface area contributed by atoms with E-state index in [1.807, 2.05) is 4.68 Å². The van der Waals surface area contributed by atoms with Crippen LogP contribution < -0.4 is 5.32 Å². The Morgan fingerprint density at radius 2 is 2.17 bits per heavy atom. The van der Waals surface area contributed by atoms with Crippen molar-refractivity contribution in [3.63, 3.8) is 0 Å². The Labute approximate surface area is 113 Å². The molecule has 18 heavy (non-hydrogen) atoms. The van der Waals surface area contributed by atoms with Crippen molar-refractivity contribution in [2.24, 2.45) is 0 Å². The fourth-order valence-electron chi connectivity index (χ4n) is 2.36. The van der Waals surface area contributed by atoms with Crippen LogP contribution in [0.5, 0.6) is 0 Å². The van der Waals surface area contributed by atoms with Crippen molar-refractivity contribution in [2.75, 3.05) is 6.54 Å². The molecule has 2 N–H and O–H groups in total. The lowest BCUT2D eigenvalue weighted by molar-refractivity contribution is -0.0315. The van der Waals surface area contributed by atoms with E-state index in [2.05, 4.69) is 24.3 Å². The van der Waals surface area contributed by atoms with Gasteiger partial charge in [0.15, 0.2) is 0 Å². The molecule has 1 aliphatic carbocycles. The van der Waals surface area contributed by atoms with E-state index in [-0.39, 0.29) is 0 Å². The number of aryl methyl sites for hydroxylation is 2. The van der Waals surface area contributed by atoms with Crippen molar-refractivity contribution in [1.29, 1.82) is 0 Å². The lowest BCUT2D eigenvalue weighted by atomic mass is 9.80. The molecule has 4 nitrogen and oxygen atoms in total. The smallest absolute Gasteiger partial charge is 0.0863 e. The van der Waals surface area contributed by atoms with Crippen molar-refractivity contribution in [3.8, 4) is 0 Å². The largest absolute Gasteiger partial charge is 0.389 e. The van der Waals surface area contributed by atoms with Crippen LogP contribution in [-0.2, 0) is 19.5 Å². The standard InChI is InChI=1S/C13H22ClN3O/c1-3-10-12(14)11(17(4-2)16-10)8-15-9-13(18)6-5-7-13/h15,18H,3-9H2,1-2H3. The number of aliphatic hydroxyl groups is 1. The predicted molar refractivity (Wildman–Crippen MR) is 72.8 cm³/mol. The van der Waals surface area contributed by atoms with Crippen LogP contribution in [0.2, 0.25) is 5.02 Å². The molecule has 0 unspecified atom stereocenters. The summed E-state index contributed by atoms with van der Waals surface area (Å²) in [5.41, 5.74) is 1.49. The minimum absolute atomic E-state index is 0.489. The zero-order valence-corrected chi connectivity index (χ0v) is 11.9. The van der Waals surface area contributed by atoms with Crippen molar-refractivity contribution in [2.45, 2.75) is 58.2 Å². The van der Waals surface area contributed by atoms with Gasteiger partial charge in [0.05, 0.1) is 22.0 Å². The lowest BCUT2D eigenvalue weighted by Gasteiger charge is -2.36. The number of rotatable bonds is 6. The molecule has 2 rings (SSSR count). The number of hydrogen-bond donors (Lipinski definition) is 2. The minimum atomic E-state index is -0.489. The maximum Gasteiger partial charge on any atom is 0.0863 e. The highest BCUT2D eigenvalue weighted by molar-refractivity contribution is 6.31. The Bertz CT molecular complexity index is 413. The van der Waals surface area contributed by atoms with Gasteiger partial charge in [-0.1, -0.05) is 18.5 Å². The SMILES string of the molecule is CCc1nn(CC)c(CNCC2(O)CCC2)c1Cl. The third-order valence-electron chi connectivity index (χ3n) is 3.72. The molecule has 0 atom stereocenters. The van der Waals surface area contributed by atoms with Gasteiger partial charge in [0.1, 0.15) is 0 Å². The summed E-state index contributed by atoms with van der Waals surface area (Å²) < 4.78 is 1.94. The molecule has 0 spiro atoms. The molecular weight excluding hydrogens is 250 g/mol. The molecule has 0 aliphatic heterocycles. The van der Waals surface area contributed by atoms with Crippen molar-refractivity contribution < 1.29 is 5.11 Å². The summed E-state index contributed by atoms with van der Waals surface area (Å²) in [4.78, 5) is 0. The van der Waals surface area contributed by atoms with Crippen LogP contribution in [0.1, 0.15) is 44.5 Å². The number of nitrogens with zero attached hydrogens (tertiary/aromatic N) is 2. The van der Waals surface area contributed by atoms with Crippen molar-refractivity contribution in [3.05, 3.63) is 16.4 Å². The van der Waals surface area contributed by atoms with Gasteiger partial charge in [-0.2, -0.15) is 5.10 Å². The summed E-state index contributed by atoms with van der Waals surface area (Å²) in [6, 6.07) is 0. The molecular formula is C13H22ClN3O. The summed E-state index contributed by atoms with van der Waals surface area (Å²) >= 11 is 6.32. The normalized spacial score (nSPS) is 17.8. The maximum atomic E-state index is 10.0. The maximum absolute atomic E-state index is 10.0. The van der Waals surface area contributed by atoms with Gasteiger partial charge in [0.2, 0.25) is 0 Å². The second kappa shape index (κ2) is 5.59. The lowest BCUT2D eigenvalue weighted by Crippen LogP contribution is -2.46. The Kier molecular flexibility index (Phi) is 4.30. The van der Waals surface area contributed by atoms with E-state index in [1.54, 1.807) is 0 Å². The van der Waals surface area contributed by atoms with Gasteiger partial charge in [-0.05, 0) is 32.6 Å². The first kappa shape index (κ1) is 13.8. The first-order chi connectivity index (χ1) is 8.59. The third-order valence-corrected chi connectivity index (χ3v) is 4.16. The zero-order valence-electron chi connectivity index (χ0n) is 11.2. The Morgan fingerprint density at radius 1 is 1.44 bits per heavy atom. The predicted octanol–water partition coefficient (Wildman–Crippen LogP) is 2.12. The summed E-state index contributed by atoms with van der Waals surface area (Å²) in [6.45, 7) is 6.25. The first-order valence-electron chi connectivity index (χ1n) is 6.77. The summed E-state index contributed by atoms with van der Waals surface area (Å²) in [5.74, 6) is 0. The average molecular weight is 272 g/mol. The second-order valence-electron chi connectivity index (χ2n) is 5.06. The Morgan fingerprint density at radius 3 is 2.67 bits per heavy atom. The number of aromatic nitrogens is 2. The highest BCUT2D eigenvalue weighted by Crippen LogP contribution is 2.30. The van der Waals surface area contributed by atoms with Crippen LogP contribution in [-0.4, -0.2) is 27.0 Å². The van der Waals surface area contributed by atoms with Crippen LogP contribution in [0.15, 0.2) is 0 Å². The van der Waals surface area contributed by atoms with Gasteiger partial charge >= 0.3 is 0 Å². The molecule has 0 amide bonds. The fraction of sp³-hybridized carbons (Fsp3) is 0.769. The molecule has 0 bridgehead atoms. The highest BCUT2D eigenvalue weighted by Gasteiger charge is 2.33. The molecule has 0 aromatic carbocycles. The first-order valence-corrected chi connectivity index (χ1v) is 7.14. The van der Waals surface area contributed by atoms with Crippen LogP contribution in [0.4, 0.5) is 0 Å². The van der Waals surface area contributed by atoms with Gasteiger partial charge in [0.25, 0.3) is 0 Å². The molecule has 1 heterocycles. The van der Waals surface area contributed by atoms with E-state index in [0.717, 1.165) is 48.6 Å². The van der Waals surface area contributed by atoms with Gasteiger partial charge in [-0.15, -0.1) is 0 Å². The molecule has 0 radical (unpaired) electrons. The molecule has 1 aromatic rings. The van der Waals surface area contributed by atoms with Crippen molar-refractivity contribution >= 4 is 11.6 Å². The van der Waals surface area contributed by atoms with E-state index >= 15 is 0 Å². The highest BCUT2D eigenvalue weighted by atomic mass is 35.5. The molecule has 0 saturated heterocycles. The van der Waals surface area contributed by atoms with E-state index in [1.165, 1.54) is 0 Å². The molecule has 5 heteroatoms. The number of nitrogens with one attached hydrogen (secondary N) is 1. The van der Waals surface area contributed by atoms with Crippen LogP contribution in [0, 0.1) is 0 Å². The van der Waals surface area contributed by atoms with Crippen LogP contribution in [0.25, 0.3) is 0 Å². The van der Waals surface area contributed by atoms with Crippen LogP contribution in [0.3, 0.4) is 0 Å². The van der Waals surface area contributed by atoms with Gasteiger partial charge in [-0.3, -0.25) is 4.68 Å². The average Bonchev–Trinajstić information content (AvgIpc) is 2.64. The summed E-state index contributed by atoms with van der Waals surface area (Å²) in [7, 11) is 0. The molecule has 1 aliphatic rings. The number of halogens is 1. The molecule has 1 fully saturated rings. The zero-order chi connectivity index (χ0) is 13.2. The molecule has 102 valence electrons. The van der Waals surface area contributed by atoms with Gasteiger partial charge in [0, 0.05) is 19.6 Å². The van der Waals surface area contributed by atoms with E-state index in [0.29, 0.717) is 13.1 Å². The Balaban J connectivity index is 1.97. The fourth-order valence-corrected chi connectivity index (χ4v) is 2.70.